The molecular weight excluding hydrogens is 266 g/mol. The van der Waals surface area contributed by atoms with Crippen LogP contribution in [0.2, 0.25) is 0 Å². The van der Waals surface area contributed by atoms with Gasteiger partial charge in [0.15, 0.2) is 0 Å². The Labute approximate surface area is 124 Å². The van der Waals surface area contributed by atoms with Crippen molar-refractivity contribution in [3.8, 4) is 0 Å². The van der Waals surface area contributed by atoms with Crippen molar-refractivity contribution in [3.05, 3.63) is 35.4 Å². The molecule has 0 bridgehead atoms. The molecule has 0 saturated heterocycles. The van der Waals surface area contributed by atoms with Gasteiger partial charge in [0, 0.05) is 5.92 Å². The van der Waals surface area contributed by atoms with Gasteiger partial charge in [-0.25, -0.2) is 4.79 Å². The lowest BCUT2D eigenvalue weighted by Gasteiger charge is -2.18. The highest BCUT2D eigenvalue weighted by Crippen LogP contribution is 2.59. The van der Waals surface area contributed by atoms with Crippen LogP contribution in [0.3, 0.4) is 0 Å². The number of fused-ring (bicyclic) bond motifs is 3. The highest BCUT2D eigenvalue weighted by Gasteiger charge is 2.57. The summed E-state index contributed by atoms with van der Waals surface area (Å²) in [5.41, 5.74) is 2.62. The minimum atomic E-state index is -0.956. The van der Waals surface area contributed by atoms with Crippen molar-refractivity contribution in [2.24, 2.45) is 17.8 Å². The average Bonchev–Trinajstić information content (AvgIpc) is 3.18. The first-order valence-electron chi connectivity index (χ1n) is 7.61. The van der Waals surface area contributed by atoms with Crippen LogP contribution in [0.5, 0.6) is 0 Å². The van der Waals surface area contributed by atoms with Gasteiger partial charge in [-0.15, -0.1) is 0 Å². The molecule has 21 heavy (non-hydrogen) atoms. The van der Waals surface area contributed by atoms with Gasteiger partial charge < -0.3 is 10.4 Å². The summed E-state index contributed by atoms with van der Waals surface area (Å²) in [6.07, 6.45) is 2.05. The maximum Gasteiger partial charge on any atom is 0.326 e. The Morgan fingerprint density at radius 1 is 1.29 bits per heavy atom. The fourth-order valence-electron chi connectivity index (χ4n) is 3.69. The van der Waals surface area contributed by atoms with Crippen LogP contribution in [-0.2, 0) is 16.0 Å². The molecule has 3 rings (SSSR count). The fraction of sp³-hybridized carbons (Fsp3) is 0.529. The predicted molar refractivity (Wildman–Crippen MR) is 78.9 cm³/mol. The molecule has 1 saturated carbocycles. The number of hydrogen-bond donors (Lipinski definition) is 2. The van der Waals surface area contributed by atoms with Crippen LogP contribution in [0, 0.1) is 17.8 Å². The van der Waals surface area contributed by atoms with E-state index in [1.807, 2.05) is 26.0 Å². The zero-order valence-electron chi connectivity index (χ0n) is 12.4. The van der Waals surface area contributed by atoms with Crippen LogP contribution in [-0.4, -0.2) is 23.0 Å². The number of aryl methyl sites for hydroxylation is 1. The number of carboxylic acids is 1. The first-order valence-corrected chi connectivity index (χ1v) is 7.61. The van der Waals surface area contributed by atoms with Gasteiger partial charge in [0.25, 0.3) is 0 Å². The Balaban J connectivity index is 1.73. The van der Waals surface area contributed by atoms with E-state index in [9.17, 15) is 14.7 Å². The second-order valence-electron chi connectivity index (χ2n) is 6.52. The summed E-state index contributed by atoms with van der Waals surface area (Å²) < 4.78 is 0. The minimum Gasteiger partial charge on any atom is -0.480 e. The number of rotatable bonds is 4. The van der Waals surface area contributed by atoms with Gasteiger partial charge in [-0.05, 0) is 41.7 Å². The van der Waals surface area contributed by atoms with E-state index in [0.717, 1.165) is 12.8 Å². The topological polar surface area (TPSA) is 66.4 Å². The van der Waals surface area contributed by atoms with E-state index in [2.05, 4.69) is 17.4 Å². The first-order chi connectivity index (χ1) is 10.0. The summed E-state index contributed by atoms with van der Waals surface area (Å²) in [5.74, 6) is -0.531. The Bertz CT molecular complexity index is 581. The third-order valence-corrected chi connectivity index (χ3v) is 4.86. The number of carbonyl (C=O) groups is 2. The molecule has 0 aromatic heterocycles. The molecule has 4 heteroatoms. The highest BCUT2D eigenvalue weighted by atomic mass is 16.4. The molecule has 1 amide bonds. The highest BCUT2D eigenvalue weighted by molar-refractivity contribution is 5.88. The Hall–Kier alpha value is -1.84. The number of benzene rings is 1. The van der Waals surface area contributed by atoms with Crippen LogP contribution in [0.1, 0.15) is 37.3 Å². The molecule has 2 aliphatic carbocycles. The van der Waals surface area contributed by atoms with Gasteiger partial charge in [-0.3, -0.25) is 4.79 Å². The van der Waals surface area contributed by atoms with E-state index >= 15 is 0 Å². The molecule has 1 fully saturated rings. The van der Waals surface area contributed by atoms with Crippen molar-refractivity contribution in [2.45, 2.75) is 38.6 Å². The average molecular weight is 287 g/mol. The zero-order chi connectivity index (χ0) is 15.1. The van der Waals surface area contributed by atoms with E-state index in [4.69, 9.17) is 0 Å². The molecule has 1 aromatic carbocycles. The van der Waals surface area contributed by atoms with Crippen LogP contribution in [0.4, 0.5) is 0 Å². The van der Waals surface area contributed by atoms with Gasteiger partial charge in [0.2, 0.25) is 5.91 Å². The summed E-state index contributed by atoms with van der Waals surface area (Å²) in [6, 6.07) is 7.50. The molecule has 4 atom stereocenters. The van der Waals surface area contributed by atoms with Crippen molar-refractivity contribution in [1.82, 2.24) is 5.32 Å². The van der Waals surface area contributed by atoms with E-state index in [0.29, 0.717) is 5.92 Å². The van der Waals surface area contributed by atoms with E-state index in [-0.39, 0.29) is 23.7 Å². The van der Waals surface area contributed by atoms with Gasteiger partial charge in [0.05, 0.1) is 0 Å². The quantitative estimate of drug-likeness (QED) is 0.892. The zero-order valence-corrected chi connectivity index (χ0v) is 12.4. The Morgan fingerprint density at radius 3 is 2.67 bits per heavy atom. The number of aliphatic carboxylic acids is 1. The fourth-order valence-corrected chi connectivity index (χ4v) is 3.69. The largest absolute Gasteiger partial charge is 0.480 e. The lowest BCUT2D eigenvalue weighted by Crippen LogP contribution is -2.45. The summed E-state index contributed by atoms with van der Waals surface area (Å²) in [7, 11) is 0. The molecule has 2 N–H and O–H groups in total. The molecule has 112 valence electrons. The molecule has 1 aromatic rings. The molecule has 4 nitrogen and oxygen atoms in total. The molecule has 0 spiro atoms. The van der Waals surface area contributed by atoms with Crippen molar-refractivity contribution >= 4 is 11.9 Å². The number of carbonyl (C=O) groups excluding carboxylic acids is 1. The van der Waals surface area contributed by atoms with Crippen molar-refractivity contribution in [2.75, 3.05) is 0 Å². The van der Waals surface area contributed by atoms with Gasteiger partial charge >= 0.3 is 5.97 Å². The molecular formula is C17H21NO3. The molecule has 4 unspecified atom stereocenters. The predicted octanol–water partition coefficient (Wildman–Crippen LogP) is 2.19. The van der Waals surface area contributed by atoms with Gasteiger partial charge in [0.1, 0.15) is 6.04 Å². The maximum absolute atomic E-state index is 12.4. The van der Waals surface area contributed by atoms with Crippen LogP contribution < -0.4 is 5.32 Å². The second kappa shape index (κ2) is 5.17. The van der Waals surface area contributed by atoms with Crippen molar-refractivity contribution < 1.29 is 14.7 Å². The van der Waals surface area contributed by atoms with E-state index in [1.165, 1.54) is 11.1 Å². The van der Waals surface area contributed by atoms with Crippen molar-refractivity contribution in [3.63, 3.8) is 0 Å². The van der Waals surface area contributed by atoms with E-state index in [1.54, 1.807) is 0 Å². The first kappa shape index (κ1) is 14.1. The van der Waals surface area contributed by atoms with Crippen molar-refractivity contribution in [1.29, 1.82) is 0 Å². The Kier molecular flexibility index (Phi) is 3.47. The molecule has 0 radical (unpaired) electrons. The third-order valence-electron chi connectivity index (χ3n) is 4.86. The number of nitrogens with one attached hydrogen (secondary N) is 1. The minimum absolute atomic E-state index is 0.0470. The van der Waals surface area contributed by atoms with Crippen LogP contribution >= 0.6 is 0 Å². The number of amides is 1. The number of hydrogen-bond acceptors (Lipinski definition) is 2. The lowest BCUT2D eigenvalue weighted by molar-refractivity contribution is -0.143. The molecule has 0 aliphatic heterocycles. The van der Waals surface area contributed by atoms with Gasteiger partial charge in [-0.1, -0.05) is 38.1 Å². The third kappa shape index (κ3) is 2.43. The smallest absolute Gasteiger partial charge is 0.326 e. The molecule has 0 heterocycles. The normalized spacial score (nSPS) is 27.5. The molecule has 2 aliphatic rings. The standard InChI is InChI=1S/C17H21NO3/c1-9(2)15(17(20)21)18-16(19)14-12-8-7-10-5-3-4-6-11(10)13(12)14/h3-6,9,12-15H,7-8H2,1-2H3,(H,18,19)(H,20,21). The maximum atomic E-state index is 12.4. The Morgan fingerprint density at radius 2 is 2.00 bits per heavy atom. The van der Waals surface area contributed by atoms with E-state index < -0.39 is 12.0 Å². The number of carboxylic acid groups (broad SMARTS) is 1. The monoisotopic (exact) mass is 287 g/mol. The summed E-state index contributed by atoms with van der Waals surface area (Å²) >= 11 is 0. The second-order valence-corrected chi connectivity index (χ2v) is 6.52. The van der Waals surface area contributed by atoms with Crippen LogP contribution in [0.25, 0.3) is 0 Å². The SMILES string of the molecule is CC(C)C(NC(=O)C1C2CCc3ccccc3C21)C(=O)O. The summed E-state index contributed by atoms with van der Waals surface area (Å²) in [6.45, 7) is 3.63. The lowest BCUT2D eigenvalue weighted by atomic mass is 9.92. The summed E-state index contributed by atoms with van der Waals surface area (Å²) in [4.78, 5) is 23.6. The summed E-state index contributed by atoms with van der Waals surface area (Å²) in [5, 5.41) is 11.9. The van der Waals surface area contributed by atoms with Gasteiger partial charge in [-0.2, -0.15) is 0 Å². The van der Waals surface area contributed by atoms with Crippen LogP contribution in [0.15, 0.2) is 24.3 Å².